The third-order valence-electron chi connectivity index (χ3n) is 4.16. The van der Waals surface area contributed by atoms with E-state index in [4.69, 9.17) is 4.52 Å². The van der Waals surface area contributed by atoms with Crippen molar-refractivity contribution in [2.45, 2.75) is 13.1 Å². The molecule has 0 aliphatic heterocycles. The van der Waals surface area contributed by atoms with Crippen LogP contribution in [-0.2, 0) is 13.1 Å². The van der Waals surface area contributed by atoms with Gasteiger partial charge >= 0.3 is 0 Å². The number of hydrogen-bond donors (Lipinski definition) is 1. The minimum atomic E-state index is -0.143. The fraction of sp³-hybridized carbons (Fsp3) is 0.0952. The van der Waals surface area contributed by atoms with E-state index < -0.39 is 0 Å². The Bertz CT molecular complexity index is 1020. The Morgan fingerprint density at radius 3 is 2.48 bits per heavy atom. The van der Waals surface area contributed by atoms with Crippen LogP contribution in [0.2, 0.25) is 0 Å². The summed E-state index contributed by atoms with van der Waals surface area (Å²) in [7, 11) is 0. The molecule has 4 rings (SSSR count). The van der Waals surface area contributed by atoms with Crippen molar-refractivity contribution in [3.05, 3.63) is 96.1 Å². The second-order valence-electron chi connectivity index (χ2n) is 6.07. The number of nitrogens with one attached hydrogen (secondary N) is 1. The molecule has 0 saturated carbocycles. The summed E-state index contributed by atoms with van der Waals surface area (Å²) < 4.78 is 7.14. The Hall–Kier alpha value is -3.67. The first kappa shape index (κ1) is 16.8. The van der Waals surface area contributed by atoms with Gasteiger partial charge in [0.15, 0.2) is 5.82 Å². The zero-order chi connectivity index (χ0) is 18.5. The van der Waals surface area contributed by atoms with E-state index >= 15 is 0 Å². The highest BCUT2D eigenvalue weighted by Gasteiger charge is 2.14. The molecule has 2 heterocycles. The van der Waals surface area contributed by atoms with Gasteiger partial charge in [-0.3, -0.25) is 4.79 Å². The van der Waals surface area contributed by atoms with E-state index in [9.17, 15) is 4.79 Å². The van der Waals surface area contributed by atoms with Gasteiger partial charge in [-0.15, -0.1) is 0 Å². The van der Waals surface area contributed by atoms with Crippen molar-refractivity contribution >= 4 is 5.91 Å². The molecular formula is C21H18N4O2. The van der Waals surface area contributed by atoms with Crippen molar-refractivity contribution < 1.29 is 9.32 Å². The summed E-state index contributed by atoms with van der Waals surface area (Å²) >= 11 is 0. The summed E-state index contributed by atoms with van der Waals surface area (Å²) in [4.78, 5) is 16.9. The fourth-order valence-corrected chi connectivity index (χ4v) is 2.80. The predicted molar refractivity (Wildman–Crippen MR) is 101 cm³/mol. The van der Waals surface area contributed by atoms with E-state index in [0.717, 1.165) is 11.1 Å². The lowest BCUT2D eigenvalue weighted by Crippen LogP contribution is -2.25. The highest BCUT2D eigenvalue weighted by atomic mass is 16.5. The molecule has 0 fully saturated rings. The molecule has 4 aromatic rings. The van der Waals surface area contributed by atoms with Crippen LogP contribution in [0.25, 0.3) is 11.5 Å². The van der Waals surface area contributed by atoms with E-state index in [1.807, 2.05) is 72.9 Å². The van der Waals surface area contributed by atoms with Crippen molar-refractivity contribution in [1.82, 2.24) is 20.0 Å². The van der Waals surface area contributed by atoms with Crippen LogP contribution in [-0.4, -0.2) is 20.6 Å². The Morgan fingerprint density at radius 2 is 1.70 bits per heavy atom. The van der Waals surface area contributed by atoms with Gasteiger partial charge in [-0.05, 0) is 29.8 Å². The first-order valence-corrected chi connectivity index (χ1v) is 8.65. The lowest BCUT2D eigenvalue weighted by atomic mass is 10.2. The van der Waals surface area contributed by atoms with Gasteiger partial charge in [0.2, 0.25) is 0 Å². The maximum Gasteiger partial charge on any atom is 0.268 e. The lowest BCUT2D eigenvalue weighted by Gasteiger charge is -2.08. The van der Waals surface area contributed by atoms with Gasteiger partial charge in [0.05, 0.1) is 6.54 Å². The van der Waals surface area contributed by atoms with Crippen LogP contribution in [0.5, 0.6) is 0 Å². The molecule has 0 aliphatic rings. The van der Waals surface area contributed by atoms with Gasteiger partial charge in [0.25, 0.3) is 11.8 Å². The average molecular weight is 358 g/mol. The highest BCUT2D eigenvalue weighted by Crippen LogP contribution is 2.17. The Kier molecular flexibility index (Phi) is 4.78. The molecule has 0 bridgehead atoms. The van der Waals surface area contributed by atoms with Crippen LogP contribution < -0.4 is 5.32 Å². The maximum absolute atomic E-state index is 12.5. The van der Waals surface area contributed by atoms with Crippen LogP contribution in [0.3, 0.4) is 0 Å². The standard InChI is InChI=1S/C21H18N4O2/c26-20(22-14-16-8-3-1-4-9-16)18-12-7-13-25(18)15-19-23-21(27-24-19)17-10-5-2-6-11-17/h1-13H,14-15H2,(H,22,26). The summed E-state index contributed by atoms with van der Waals surface area (Å²) in [5.41, 5.74) is 2.47. The summed E-state index contributed by atoms with van der Waals surface area (Å²) in [6.07, 6.45) is 1.83. The van der Waals surface area contributed by atoms with Crippen molar-refractivity contribution in [2.75, 3.05) is 0 Å². The minimum absolute atomic E-state index is 0.143. The third-order valence-corrected chi connectivity index (χ3v) is 4.16. The lowest BCUT2D eigenvalue weighted by molar-refractivity contribution is 0.0942. The first-order valence-electron chi connectivity index (χ1n) is 8.65. The summed E-state index contributed by atoms with van der Waals surface area (Å²) in [6.45, 7) is 0.836. The van der Waals surface area contributed by atoms with Gasteiger partial charge in [-0.2, -0.15) is 4.98 Å². The topological polar surface area (TPSA) is 73.0 Å². The molecule has 2 aromatic carbocycles. The Labute approximate surface area is 156 Å². The Morgan fingerprint density at radius 1 is 0.963 bits per heavy atom. The summed E-state index contributed by atoms with van der Waals surface area (Å²) in [5, 5.41) is 6.96. The number of amides is 1. The van der Waals surface area contributed by atoms with Gasteiger partial charge in [-0.25, -0.2) is 0 Å². The number of benzene rings is 2. The molecule has 134 valence electrons. The van der Waals surface area contributed by atoms with Crippen LogP contribution in [0.15, 0.2) is 83.5 Å². The van der Waals surface area contributed by atoms with Crippen LogP contribution in [0, 0.1) is 0 Å². The highest BCUT2D eigenvalue weighted by molar-refractivity contribution is 5.92. The number of nitrogens with zero attached hydrogens (tertiary/aromatic N) is 3. The monoisotopic (exact) mass is 358 g/mol. The predicted octanol–water partition coefficient (Wildman–Crippen LogP) is 3.52. The molecule has 0 aliphatic carbocycles. The van der Waals surface area contributed by atoms with Gasteiger partial charge < -0.3 is 14.4 Å². The molecule has 2 aromatic heterocycles. The average Bonchev–Trinajstić information content (AvgIpc) is 3.38. The van der Waals surface area contributed by atoms with E-state index in [-0.39, 0.29) is 5.91 Å². The molecular weight excluding hydrogens is 340 g/mol. The minimum Gasteiger partial charge on any atom is -0.347 e. The van der Waals surface area contributed by atoms with E-state index in [1.54, 1.807) is 10.6 Å². The normalized spacial score (nSPS) is 10.7. The molecule has 0 atom stereocenters. The van der Waals surface area contributed by atoms with Crippen molar-refractivity contribution in [1.29, 1.82) is 0 Å². The number of carbonyl (C=O) groups excluding carboxylic acids is 1. The third kappa shape index (κ3) is 3.95. The number of rotatable bonds is 6. The molecule has 6 nitrogen and oxygen atoms in total. The van der Waals surface area contributed by atoms with Crippen LogP contribution in [0.1, 0.15) is 21.9 Å². The second-order valence-corrected chi connectivity index (χ2v) is 6.07. The number of hydrogen-bond acceptors (Lipinski definition) is 4. The van der Waals surface area contributed by atoms with Gasteiger partial charge in [0, 0.05) is 18.3 Å². The molecule has 1 amide bonds. The first-order chi connectivity index (χ1) is 13.3. The molecule has 0 radical (unpaired) electrons. The second kappa shape index (κ2) is 7.70. The zero-order valence-electron chi connectivity index (χ0n) is 14.6. The number of carbonyl (C=O) groups is 1. The molecule has 0 spiro atoms. The zero-order valence-corrected chi connectivity index (χ0v) is 14.6. The smallest absolute Gasteiger partial charge is 0.268 e. The molecule has 1 N–H and O–H groups in total. The van der Waals surface area contributed by atoms with Crippen molar-refractivity contribution in [2.24, 2.45) is 0 Å². The maximum atomic E-state index is 12.5. The van der Waals surface area contributed by atoms with E-state index in [2.05, 4.69) is 15.5 Å². The Balaban J connectivity index is 1.44. The fourth-order valence-electron chi connectivity index (χ4n) is 2.80. The number of aromatic nitrogens is 3. The molecule has 6 heteroatoms. The van der Waals surface area contributed by atoms with E-state index in [0.29, 0.717) is 30.5 Å². The quantitative estimate of drug-likeness (QED) is 0.572. The van der Waals surface area contributed by atoms with Crippen LogP contribution >= 0.6 is 0 Å². The van der Waals surface area contributed by atoms with Crippen molar-refractivity contribution in [3.8, 4) is 11.5 Å². The molecule has 0 saturated heterocycles. The molecule has 0 unspecified atom stereocenters. The van der Waals surface area contributed by atoms with E-state index in [1.165, 1.54) is 0 Å². The summed E-state index contributed by atoms with van der Waals surface area (Å²) in [5.74, 6) is 0.839. The molecule has 27 heavy (non-hydrogen) atoms. The summed E-state index contributed by atoms with van der Waals surface area (Å²) in [6, 6.07) is 23.0. The SMILES string of the molecule is O=C(NCc1ccccc1)c1cccn1Cc1noc(-c2ccccc2)n1. The van der Waals surface area contributed by atoms with Crippen LogP contribution in [0.4, 0.5) is 0 Å². The van der Waals surface area contributed by atoms with Gasteiger partial charge in [0.1, 0.15) is 5.69 Å². The van der Waals surface area contributed by atoms with Gasteiger partial charge in [-0.1, -0.05) is 53.7 Å². The largest absolute Gasteiger partial charge is 0.347 e. The van der Waals surface area contributed by atoms with Crippen molar-refractivity contribution in [3.63, 3.8) is 0 Å².